The van der Waals surface area contributed by atoms with Gasteiger partial charge in [0.25, 0.3) is 0 Å². The summed E-state index contributed by atoms with van der Waals surface area (Å²) in [6, 6.07) is 0. The summed E-state index contributed by atoms with van der Waals surface area (Å²) in [5.41, 5.74) is 0. The van der Waals surface area contributed by atoms with Gasteiger partial charge in [-0.3, -0.25) is 0 Å². The van der Waals surface area contributed by atoms with E-state index in [1.807, 2.05) is 21.1 Å². The maximum Gasteiger partial charge on any atom is 0.157 e. The number of ether oxygens (including phenoxy) is 2. The molecule has 0 N–H and O–H groups in total. The quantitative estimate of drug-likeness (QED) is 0.0694. The van der Waals surface area contributed by atoms with Crippen LogP contribution in [0.25, 0.3) is 0 Å². The average molecular weight is 520 g/mol. The Hall–Kier alpha value is -0.230. The van der Waals surface area contributed by atoms with Crippen molar-refractivity contribution in [2.45, 2.75) is 116 Å². The number of hydrogen-bond acceptors (Lipinski definition) is 5. The van der Waals surface area contributed by atoms with Gasteiger partial charge in [-0.05, 0) is 18.3 Å². The second-order valence-electron chi connectivity index (χ2n) is 10.9. The SMILES string of the molecule is CCCCCCCCCCCCCCCCCCOCC(/C=C/P(=O)([O-])OCC[N+](C)(C)C)OC. The Morgan fingerprint density at radius 2 is 1.23 bits per heavy atom. The summed E-state index contributed by atoms with van der Waals surface area (Å²) in [7, 11) is 3.53. The van der Waals surface area contributed by atoms with Gasteiger partial charge in [0, 0.05) is 13.7 Å². The highest BCUT2D eigenvalue weighted by molar-refractivity contribution is 7.54. The zero-order valence-electron chi connectivity index (χ0n) is 23.8. The van der Waals surface area contributed by atoms with Crippen LogP contribution < -0.4 is 4.89 Å². The third-order valence-electron chi connectivity index (χ3n) is 6.24. The lowest BCUT2D eigenvalue weighted by Crippen LogP contribution is -2.37. The van der Waals surface area contributed by atoms with Crippen LogP contribution in [0, 0.1) is 0 Å². The van der Waals surface area contributed by atoms with Crippen LogP contribution in [0.1, 0.15) is 110 Å². The molecule has 0 aromatic rings. The summed E-state index contributed by atoms with van der Waals surface area (Å²) < 4.78 is 28.7. The van der Waals surface area contributed by atoms with Gasteiger partial charge in [0.2, 0.25) is 0 Å². The van der Waals surface area contributed by atoms with Crippen molar-refractivity contribution >= 4 is 7.60 Å². The van der Waals surface area contributed by atoms with Crippen LogP contribution in [0.5, 0.6) is 0 Å². The molecule has 0 rings (SSSR count). The maximum absolute atomic E-state index is 12.0. The number of methoxy groups -OCH3 is 1. The van der Waals surface area contributed by atoms with Crippen LogP contribution in [-0.4, -0.2) is 65.2 Å². The number of hydrogen-bond donors (Lipinski definition) is 0. The molecule has 0 bridgehead atoms. The van der Waals surface area contributed by atoms with E-state index >= 15 is 0 Å². The fourth-order valence-corrected chi connectivity index (χ4v) is 4.67. The Bertz CT molecular complexity index is 536. The van der Waals surface area contributed by atoms with Crippen molar-refractivity contribution in [3.05, 3.63) is 11.9 Å². The van der Waals surface area contributed by atoms with Crippen molar-refractivity contribution in [2.75, 3.05) is 54.6 Å². The Balaban J connectivity index is 3.57. The van der Waals surface area contributed by atoms with E-state index in [2.05, 4.69) is 6.92 Å². The molecule has 0 aliphatic heterocycles. The average Bonchev–Trinajstić information content (AvgIpc) is 2.79. The van der Waals surface area contributed by atoms with Crippen LogP contribution in [0.15, 0.2) is 11.9 Å². The first-order chi connectivity index (χ1) is 16.7. The topological polar surface area (TPSA) is 67.8 Å². The van der Waals surface area contributed by atoms with Crippen molar-refractivity contribution in [3.63, 3.8) is 0 Å². The molecule has 0 saturated carbocycles. The van der Waals surface area contributed by atoms with Gasteiger partial charge >= 0.3 is 0 Å². The van der Waals surface area contributed by atoms with Crippen molar-refractivity contribution in [3.8, 4) is 0 Å². The number of unbranched alkanes of at least 4 members (excludes halogenated alkanes) is 15. The zero-order chi connectivity index (χ0) is 26.3. The number of likely N-dealkylation sites (N-methyl/N-ethyl adjacent to an activating group) is 1. The minimum absolute atomic E-state index is 0.169. The minimum Gasteiger partial charge on any atom is -0.775 e. The van der Waals surface area contributed by atoms with Crippen LogP contribution in [0.2, 0.25) is 0 Å². The lowest BCUT2D eigenvalue weighted by Gasteiger charge is -2.26. The fraction of sp³-hybridized carbons (Fsp3) is 0.929. The van der Waals surface area contributed by atoms with Crippen molar-refractivity contribution < 1.29 is 27.9 Å². The lowest BCUT2D eigenvalue weighted by atomic mass is 10.0. The van der Waals surface area contributed by atoms with Crippen molar-refractivity contribution in [2.24, 2.45) is 0 Å². The van der Waals surface area contributed by atoms with Gasteiger partial charge in [0.1, 0.15) is 13.2 Å². The summed E-state index contributed by atoms with van der Waals surface area (Å²) in [5.74, 6) is 1.11. The Morgan fingerprint density at radius 1 is 0.771 bits per heavy atom. The summed E-state index contributed by atoms with van der Waals surface area (Å²) in [6.45, 7) is 4.10. The summed E-state index contributed by atoms with van der Waals surface area (Å²) in [6.07, 6.45) is 22.7. The van der Waals surface area contributed by atoms with Crippen molar-refractivity contribution in [1.29, 1.82) is 0 Å². The van der Waals surface area contributed by atoms with Gasteiger partial charge in [-0.15, -0.1) is 0 Å². The first-order valence-corrected chi connectivity index (χ1v) is 15.9. The predicted molar refractivity (Wildman–Crippen MR) is 147 cm³/mol. The monoisotopic (exact) mass is 519 g/mol. The highest BCUT2D eigenvalue weighted by Crippen LogP contribution is 2.38. The predicted octanol–water partition coefficient (Wildman–Crippen LogP) is 7.07. The number of rotatable bonds is 26. The normalized spacial score (nSPS) is 15.0. The first kappa shape index (κ1) is 34.8. The molecular weight excluding hydrogens is 461 g/mol. The van der Waals surface area contributed by atoms with Crippen LogP contribution in [-0.2, 0) is 18.6 Å². The highest BCUT2D eigenvalue weighted by Gasteiger charge is 2.11. The van der Waals surface area contributed by atoms with Crippen LogP contribution in [0.4, 0.5) is 0 Å². The fourth-order valence-electron chi connectivity index (χ4n) is 3.84. The van der Waals surface area contributed by atoms with E-state index in [0.717, 1.165) is 12.2 Å². The largest absolute Gasteiger partial charge is 0.775 e. The van der Waals surface area contributed by atoms with Gasteiger partial charge in [0.15, 0.2) is 7.60 Å². The molecule has 35 heavy (non-hydrogen) atoms. The molecule has 0 amide bonds. The van der Waals surface area contributed by atoms with Gasteiger partial charge < -0.3 is 27.9 Å². The van der Waals surface area contributed by atoms with E-state index < -0.39 is 7.60 Å². The molecule has 210 valence electrons. The van der Waals surface area contributed by atoms with E-state index in [1.165, 1.54) is 102 Å². The number of nitrogens with zero attached hydrogens (tertiary/aromatic N) is 1. The van der Waals surface area contributed by atoms with E-state index in [1.54, 1.807) is 7.11 Å². The van der Waals surface area contributed by atoms with Crippen LogP contribution >= 0.6 is 7.60 Å². The van der Waals surface area contributed by atoms with E-state index in [0.29, 0.717) is 24.2 Å². The molecule has 0 fully saturated rings. The minimum atomic E-state index is -4.00. The molecule has 7 heteroatoms. The second kappa shape index (κ2) is 22.9. The number of quaternary nitrogens is 1. The Morgan fingerprint density at radius 3 is 1.66 bits per heavy atom. The third-order valence-corrected chi connectivity index (χ3v) is 7.32. The maximum atomic E-state index is 12.0. The summed E-state index contributed by atoms with van der Waals surface area (Å²) >= 11 is 0. The van der Waals surface area contributed by atoms with E-state index in [4.69, 9.17) is 14.0 Å². The smallest absolute Gasteiger partial charge is 0.157 e. The van der Waals surface area contributed by atoms with Gasteiger partial charge in [-0.25, -0.2) is 0 Å². The second-order valence-corrected chi connectivity index (χ2v) is 12.5. The molecule has 0 spiro atoms. The van der Waals surface area contributed by atoms with Gasteiger partial charge in [-0.2, -0.15) is 0 Å². The molecule has 0 aliphatic rings. The lowest BCUT2D eigenvalue weighted by molar-refractivity contribution is -0.870. The summed E-state index contributed by atoms with van der Waals surface area (Å²) in [5, 5.41) is 0. The van der Waals surface area contributed by atoms with E-state index in [-0.39, 0.29) is 12.7 Å². The highest BCUT2D eigenvalue weighted by atomic mass is 31.2. The molecule has 6 nitrogen and oxygen atoms in total. The van der Waals surface area contributed by atoms with Crippen molar-refractivity contribution in [1.82, 2.24) is 0 Å². The molecule has 2 unspecified atom stereocenters. The molecule has 0 aromatic carbocycles. The molecule has 2 atom stereocenters. The van der Waals surface area contributed by atoms with Gasteiger partial charge in [0.05, 0.1) is 33.9 Å². The zero-order valence-corrected chi connectivity index (χ0v) is 24.7. The molecule has 0 aromatic heterocycles. The third kappa shape index (κ3) is 26.6. The molecule has 0 heterocycles. The van der Waals surface area contributed by atoms with Gasteiger partial charge in [-0.1, -0.05) is 103 Å². The van der Waals surface area contributed by atoms with E-state index in [9.17, 15) is 9.46 Å². The molecule has 0 saturated heterocycles. The standard InChI is InChI=1S/C28H58NO5P/c1-6-7-8-9-10-11-12-13-14-15-16-17-18-19-20-21-24-33-27-28(32-5)22-26-35(30,31)34-25-23-29(2,3)4/h22,26,28H,6-21,23-25,27H2,1-5H3/b26-22+. The van der Waals surface area contributed by atoms with Crippen LogP contribution in [0.3, 0.4) is 0 Å². The summed E-state index contributed by atoms with van der Waals surface area (Å²) in [4.78, 5) is 12.0. The Kier molecular flexibility index (Phi) is 22.8. The first-order valence-electron chi connectivity index (χ1n) is 14.3. The Labute approximate surface area is 217 Å². The molecule has 0 aliphatic carbocycles. The molecule has 0 radical (unpaired) electrons. The molecular formula is C28H58NO5P.